The van der Waals surface area contributed by atoms with E-state index in [-0.39, 0.29) is 11.7 Å². The number of pyridine rings is 1. The molecule has 0 saturated carbocycles. The average molecular weight is 418 g/mol. The summed E-state index contributed by atoms with van der Waals surface area (Å²) in [5.41, 5.74) is 6.58. The van der Waals surface area contributed by atoms with Gasteiger partial charge in [0.25, 0.3) is 5.91 Å². The highest BCUT2D eigenvalue weighted by molar-refractivity contribution is 6.08. The predicted octanol–water partition coefficient (Wildman–Crippen LogP) is 4.83. The summed E-state index contributed by atoms with van der Waals surface area (Å²) in [5, 5.41) is 11.7. The lowest BCUT2D eigenvalue weighted by atomic mass is 9.95. The Hall–Kier alpha value is -4.10. The highest BCUT2D eigenvalue weighted by atomic mass is 16.3. The number of carbonyl (C=O) groups is 1. The van der Waals surface area contributed by atoms with E-state index in [2.05, 4.69) is 48.0 Å². The van der Waals surface area contributed by atoms with Crippen LogP contribution in [-0.2, 0) is 13.0 Å². The van der Waals surface area contributed by atoms with Crippen molar-refractivity contribution < 1.29 is 9.90 Å². The van der Waals surface area contributed by atoms with Crippen LogP contribution >= 0.6 is 0 Å². The van der Waals surface area contributed by atoms with Crippen molar-refractivity contribution in [2.24, 2.45) is 0 Å². The van der Waals surface area contributed by atoms with Crippen LogP contribution in [-0.4, -0.2) is 27.9 Å². The van der Waals surface area contributed by atoms with Gasteiger partial charge >= 0.3 is 0 Å². The molecule has 4 heteroatoms. The smallest absolute Gasteiger partial charge is 0.258 e. The molecule has 1 aliphatic heterocycles. The fourth-order valence-electron chi connectivity index (χ4n) is 4.16. The lowest BCUT2D eigenvalue weighted by Crippen LogP contribution is -2.17. The predicted molar refractivity (Wildman–Crippen MR) is 126 cm³/mol. The second-order valence-corrected chi connectivity index (χ2v) is 8.26. The fraction of sp³-hybridized carbons (Fsp3) is 0.143. The second-order valence-electron chi connectivity index (χ2n) is 8.26. The van der Waals surface area contributed by atoms with Crippen LogP contribution in [0.15, 0.2) is 66.9 Å². The third-order valence-electron chi connectivity index (χ3n) is 5.87. The van der Waals surface area contributed by atoms with Gasteiger partial charge in [0, 0.05) is 41.9 Å². The van der Waals surface area contributed by atoms with Crippen molar-refractivity contribution in [1.82, 2.24) is 9.88 Å². The maximum absolute atomic E-state index is 12.7. The Balaban J connectivity index is 1.70. The Morgan fingerprint density at radius 3 is 2.53 bits per heavy atom. The van der Waals surface area contributed by atoms with E-state index in [1.54, 1.807) is 18.1 Å². The summed E-state index contributed by atoms with van der Waals surface area (Å²) in [7, 11) is 1.73. The van der Waals surface area contributed by atoms with Gasteiger partial charge in [-0.2, -0.15) is 0 Å². The zero-order valence-corrected chi connectivity index (χ0v) is 18.0. The van der Waals surface area contributed by atoms with E-state index in [1.807, 2.05) is 36.4 Å². The molecular formula is C28H22N2O2. The lowest BCUT2D eigenvalue weighted by molar-refractivity contribution is 0.0814. The number of rotatable bonds is 2. The maximum atomic E-state index is 12.7. The molecule has 1 aromatic heterocycles. The molecule has 0 aliphatic carbocycles. The van der Waals surface area contributed by atoms with Gasteiger partial charge < -0.3 is 10.0 Å². The summed E-state index contributed by atoms with van der Waals surface area (Å²) in [4.78, 5) is 18.9. The number of carbonyl (C=O) groups excluding carboxylic acids is 1. The van der Waals surface area contributed by atoms with Gasteiger partial charge in [-0.05, 0) is 42.7 Å². The molecule has 156 valence electrons. The molecular weight excluding hydrogens is 396 g/mol. The molecule has 4 nitrogen and oxygen atoms in total. The highest BCUT2D eigenvalue weighted by Gasteiger charge is 2.32. The third kappa shape index (κ3) is 3.48. The highest BCUT2D eigenvalue weighted by Crippen LogP contribution is 2.39. The second kappa shape index (κ2) is 7.86. The zero-order valence-electron chi connectivity index (χ0n) is 18.0. The van der Waals surface area contributed by atoms with Crippen molar-refractivity contribution in [1.29, 1.82) is 0 Å². The van der Waals surface area contributed by atoms with E-state index in [0.717, 1.165) is 34.1 Å². The maximum Gasteiger partial charge on any atom is 0.258 e. The number of amides is 1. The van der Waals surface area contributed by atoms with E-state index in [9.17, 15) is 9.90 Å². The minimum atomic E-state index is -0.201. The zero-order chi connectivity index (χ0) is 22.2. The molecule has 0 fully saturated rings. The molecule has 0 bridgehead atoms. The Morgan fingerprint density at radius 2 is 1.78 bits per heavy atom. The van der Waals surface area contributed by atoms with Crippen LogP contribution in [0.5, 0.6) is 5.75 Å². The summed E-state index contributed by atoms with van der Waals surface area (Å²) in [6.45, 7) is 2.49. The first kappa shape index (κ1) is 19.8. The number of nitrogens with zero attached hydrogens (tertiary/aromatic N) is 2. The summed E-state index contributed by atoms with van der Waals surface area (Å²) in [5.74, 6) is 6.25. The van der Waals surface area contributed by atoms with Crippen LogP contribution in [0.1, 0.15) is 43.7 Å². The normalized spacial score (nSPS) is 12.6. The van der Waals surface area contributed by atoms with Gasteiger partial charge in [0.1, 0.15) is 5.52 Å². The third-order valence-corrected chi connectivity index (χ3v) is 5.87. The summed E-state index contributed by atoms with van der Waals surface area (Å²) in [6, 6.07) is 20.2. The molecule has 0 spiro atoms. The molecule has 3 aromatic carbocycles. The number of aryl methyl sites for hydroxylation is 1. The average Bonchev–Trinajstić information content (AvgIpc) is 3.10. The Kier molecular flexibility index (Phi) is 4.88. The SMILES string of the molecule is Cc1ccc(Cc2cnc3c(O)c4c(c(C#Cc5ccccc5)c3c2)CN(C)C4=O)cc1. The molecule has 1 N–H and O–H groups in total. The first-order valence-electron chi connectivity index (χ1n) is 10.6. The number of aromatic hydroxyl groups is 1. The number of phenolic OH excluding ortho intramolecular Hbond substituents is 1. The van der Waals surface area contributed by atoms with E-state index in [0.29, 0.717) is 17.6 Å². The van der Waals surface area contributed by atoms with Crippen molar-refractivity contribution in [3.8, 4) is 17.6 Å². The van der Waals surface area contributed by atoms with Crippen molar-refractivity contribution in [2.45, 2.75) is 19.9 Å². The molecule has 32 heavy (non-hydrogen) atoms. The van der Waals surface area contributed by atoms with Gasteiger partial charge in [0.05, 0.1) is 5.56 Å². The summed E-state index contributed by atoms with van der Waals surface area (Å²) < 4.78 is 0. The monoisotopic (exact) mass is 418 g/mol. The molecule has 0 saturated heterocycles. The van der Waals surface area contributed by atoms with Gasteiger partial charge in [0.2, 0.25) is 0 Å². The van der Waals surface area contributed by atoms with Crippen LogP contribution < -0.4 is 0 Å². The van der Waals surface area contributed by atoms with Crippen molar-refractivity contribution in [3.05, 3.63) is 106 Å². The standard InChI is InChI=1S/C28H22N2O2/c1-18-8-10-20(11-9-18)14-21-15-23-22(13-12-19-6-4-3-5-7-19)24-17-30(2)28(32)25(24)27(31)26(23)29-16-21/h3-11,15-16,31H,14,17H2,1-2H3. The van der Waals surface area contributed by atoms with E-state index < -0.39 is 0 Å². The molecule has 2 heterocycles. The minimum Gasteiger partial charge on any atom is -0.505 e. The molecule has 1 aliphatic rings. The Labute approximate surface area is 187 Å². The number of fused-ring (bicyclic) bond motifs is 2. The fourth-order valence-corrected chi connectivity index (χ4v) is 4.16. The number of hydrogen-bond acceptors (Lipinski definition) is 3. The topological polar surface area (TPSA) is 53.4 Å². The van der Waals surface area contributed by atoms with Crippen molar-refractivity contribution >= 4 is 16.8 Å². The van der Waals surface area contributed by atoms with Gasteiger partial charge in [-0.3, -0.25) is 9.78 Å². The van der Waals surface area contributed by atoms with Crippen LogP contribution in [0.3, 0.4) is 0 Å². The van der Waals surface area contributed by atoms with Gasteiger partial charge in [0.15, 0.2) is 5.75 Å². The van der Waals surface area contributed by atoms with Gasteiger partial charge in [-0.25, -0.2) is 0 Å². The summed E-state index contributed by atoms with van der Waals surface area (Å²) in [6.07, 6.45) is 2.50. The quantitative estimate of drug-likeness (QED) is 0.475. The van der Waals surface area contributed by atoms with Crippen LogP contribution in [0, 0.1) is 18.8 Å². The molecule has 1 amide bonds. The van der Waals surface area contributed by atoms with Gasteiger partial charge in [-0.15, -0.1) is 0 Å². The Morgan fingerprint density at radius 1 is 1.03 bits per heavy atom. The number of hydrogen-bond donors (Lipinski definition) is 1. The largest absolute Gasteiger partial charge is 0.505 e. The molecule has 0 atom stereocenters. The number of phenols is 1. The first-order valence-corrected chi connectivity index (χ1v) is 10.6. The van der Waals surface area contributed by atoms with Crippen LogP contribution in [0.25, 0.3) is 10.9 Å². The summed E-state index contributed by atoms with van der Waals surface area (Å²) >= 11 is 0. The van der Waals surface area contributed by atoms with Crippen molar-refractivity contribution in [3.63, 3.8) is 0 Å². The van der Waals surface area contributed by atoms with E-state index >= 15 is 0 Å². The minimum absolute atomic E-state index is 0.0588. The Bertz CT molecular complexity index is 1410. The van der Waals surface area contributed by atoms with Crippen LogP contribution in [0.4, 0.5) is 0 Å². The molecule has 4 aromatic rings. The number of aromatic nitrogens is 1. The lowest BCUT2D eigenvalue weighted by Gasteiger charge is -2.11. The molecule has 5 rings (SSSR count). The van der Waals surface area contributed by atoms with Crippen molar-refractivity contribution in [2.75, 3.05) is 7.05 Å². The molecule has 0 radical (unpaired) electrons. The van der Waals surface area contributed by atoms with Crippen LogP contribution in [0.2, 0.25) is 0 Å². The first-order chi connectivity index (χ1) is 15.5. The van der Waals surface area contributed by atoms with Gasteiger partial charge in [-0.1, -0.05) is 59.9 Å². The number of benzene rings is 3. The van der Waals surface area contributed by atoms with E-state index in [1.165, 1.54) is 11.1 Å². The van der Waals surface area contributed by atoms with E-state index in [4.69, 9.17) is 0 Å². The molecule has 0 unspecified atom stereocenters.